The summed E-state index contributed by atoms with van der Waals surface area (Å²) in [5, 5.41) is 5.25. The Morgan fingerprint density at radius 1 is 1.19 bits per heavy atom. The van der Waals surface area contributed by atoms with Crippen LogP contribution in [-0.4, -0.2) is 37.1 Å². The molecule has 1 saturated heterocycles. The van der Waals surface area contributed by atoms with Gasteiger partial charge in [0, 0.05) is 12.0 Å². The molecule has 0 bridgehead atoms. The Morgan fingerprint density at radius 3 is 2.67 bits per heavy atom. The van der Waals surface area contributed by atoms with Crippen molar-refractivity contribution in [3.05, 3.63) is 0 Å². The topological polar surface area (TPSA) is 62.6 Å². The minimum Gasteiger partial charge on any atom is -0.335 e. The lowest BCUT2D eigenvalue weighted by atomic mass is 9.78. The van der Waals surface area contributed by atoms with E-state index in [9.17, 15) is 9.59 Å². The molecule has 3 amide bonds. The van der Waals surface area contributed by atoms with Crippen LogP contribution in [0.2, 0.25) is 0 Å². The Kier molecular flexibility index (Phi) is 6.03. The zero-order valence-electron chi connectivity index (χ0n) is 13.4. The first-order chi connectivity index (χ1) is 10.1. The number of quaternary nitrogens is 1. The molecule has 1 heterocycles. The maximum Gasteiger partial charge on any atom is 0.321 e. The van der Waals surface area contributed by atoms with Crippen LogP contribution in [-0.2, 0) is 4.79 Å². The molecule has 0 aromatic heterocycles. The number of nitrogens with one attached hydrogen (secondary N) is 3. The quantitative estimate of drug-likeness (QED) is 0.720. The Morgan fingerprint density at radius 2 is 1.90 bits per heavy atom. The monoisotopic (exact) mass is 296 g/mol. The first-order valence-electron chi connectivity index (χ1n) is 8.55. The number of rotatable bonds is 4. The lowest BCUT2D eigenvalue weighted by Crippen LogP contribution is -3.18. The summed E-state index contributed by atoms with van der Waals surface area (Å²) >= 11 is 0. The van der Waals surface area contributed by atoms with E-state index in [-0.39, 0.29) is 18.0 Å². The zero-order chi connectivity index (χ0) is 15.2. The third-order valence-electron chi connectivity index (χ3n) is 5.14. The predicted molar refractivity (Wildman–Crippen MR) is 82.1 cm³/mol. The van der Waals surface area contributed by atoms with Crippen LogP contribution >= 0.6 is 0 Å². The second kappa shape index (κ2) is 7.78. The van der Waals surface area contributed by atoms with Gasteiger partial charge in [0.05, 0.1) is 12.6 Å². The van der Waals surface area contributed by atoms with Crippen molar-refractivity contribution in [2.24, 2.45) is 5.92 Å². The van der Waals surface area contributed by atoms with Crippen molar-refractivity contribution in [2.45, 2.75) is 70.9 Å². The Labute approximate surface area is 127 Å². The van der Waals surface area contributed by atoms with Crippen LogP contribution in [0.15, 0.2) is 0 Å². The molecule has 1 aliphatic carbocycles. The second-order valence-electron chi connectivity index (χ2n) is 6.71. The normalized spacial score (nSPS) is 30.1. The number of carbonyl (C=O) groups excluding carboxylic acids is 2. The van der Waals surface area contributed by atoms with Crippen LogP contribution in [0.25, 0.3) is 0 Å². The average Bonchev–Trinajstić information content (AvgIpc) is 2.47. The number of fused-ring (bicyclic) bond motifs is 1. The van der Waals surface area contributed by atoms with Crippen LogP contribution in [0.4, 0.5) is 4.79 Å². The van der Waals surface area contributed by atoms with Crippen molar-refractivity contribution in [2.75, 3.05) is 13.1 Å². The van der Waals surface area contributed by atoms with E-state index in [4.69, 9.17) is 0 Å². The fourth-order valence-electron chi connectivity index (χ4n) is 3.83. The van der Waals surface area contributed by atoms with Gasteiger partial charge < -0.3 is 10.2 Å². The number of likely N-dealkylation sites (tertiary alicyclic amines) is 1. The summed E-state index contributed by atoms with van der Waals surface area (Å²) in [5.74, 6) is 0.654. The van der Waals surface area contributed by atoms with Crippen molar-refractivity contribution in [1.82, 2.24) is 10.6 Å². The zero-order valence-corrected chi connectivity index (χ0v) is 13.4. The minimum absolute atomic E-state index is 0.0999. The van der Waals surface area contributed by atoms with E-state index in [0.717, 1.165) is 18.9 Å². The highest BCUT2D eigenvalue weighted by atomic mass is 16.2. The molecule has 5 heteroatoms. The molecule has 2 rings (SSSR count). The molecule has 0 spiro atoms. The lowest BCUT2D eigenvalue weighted by molar-refractivity contribution is -0.928. The summed E-state index contributed by atoms with van der Waals surface area (Å²) < 4.78 is 0. The Hall–Kier alpha value is -1.10. The number of hydrogen-bond acceptors (Lipinski definition) is 2. The molecule has 1 saturated carbocycles. The molecule has 0 aromatic rings. The molecule has 1 unspecified atom stereocenters. The summed E-state index contributed by atoms with van der Waals surface area (Å²) in [6.45, 7) is 5.46. The van der Waals surface area contributed by atoms with E-state index in [0.29, 0.717) is 12.6 Å². The van der Waals surface area contributed by atoms with Gasteiger partial charge in [-0.1, -0.05) is 13.3 Å². The SMILES string of the molecule is CC[C@@H](C)NC(=O)NC(=O)C[NH+]1CCC[C@H]2CCCC[C@@H]21. The summed E-state index contributed by atoms with van der Waals surface area (Å²) in [5.41, 5.74) is 0. The number of carbonyl (C=O) groups is 2. The molecule has 2 fully saturated rings. The van der Waals surface area contributed by atoms with Crippen LogP contribution in [0.1, 0.15) is 58.8 Å². The van der Waals surface area contributed by atoms with E-state index in [1.165, 1.54) is 43.4 Å². The molecule has 0 aromatic carbocycles. The summed E-state index contributed by atoms with van der Waals surface area (Å²) in [6.07, 6.45) is 8.60. The van der Waals surface area contributed by atoms with Crippen LogP contribution in [0, 0.1) is 5.92 Å². The van der Waals surface area contributed by atoms with E-state index < -0.39 is 0 Å². The van der Waals surface area contributed by atoms with Gasteiger partial charge in [-0.05, 0) is 45.4 Å². The number of hydrogen-bond donors (Lipinski definition) is 3. The largest absolute Gasteiger partial charge is 0.335 e. The number of urea groups is 1. The van der Waals surface area contributed by atoms with Gasteiger partial charge in [0.1, 0.15) is 0 Å². The van der Waals surface area contributed by atoms with Crippen molar-refractivity contribution >= 4 is 11.9 Å². The smallest absolute Gasteiger partial charge is 0.321 e. The van der Waals surface area contributed by atoms with Gasteiger partial charge in [0.2, 0.25) is 0 Å². The second-order valence-corrected chi connectivity index (χ2v) is 6.71. The third kappa shape index (κ3) is 4.70. The minimum atomic E-state index is -0.356. The number of piperidine rings is 1. The molecule has 0 radical (unpaired) electrons. The van der Waals surface area contributed by atoms with Gasteiger partial charge in [-0.2, -0.15) is 0 Å². The fraction of sp³-hybridized carbons (Fsp3) is 0.875. The van der Waals surface area contributed by atoms with Gasteiger partial charge in [0.25, 0.3) is 5.91 Å². The Bertz CT molecular complexity index is 371. The lowest BCUT2D eigenvalue weighted by Gasteiger charge is -2.40. The Balaban J connectivity index is 1.79. The predicted octanol–water partition coefficient (Wildman–Crippen LogP) is 0.848. The molecule has 1 aliphatic heterocycles. The van der Waals surface area contributed by atoms with Crippen molar-refractivity contribution in [1.29, 1.82) is 0 Å². The molecular weight excluding hydrogens is 266 g/mol. The molecular formula is C16H30N3O2+. The van der Waals surface area contributed by atoms with E-state index in [2.05, 4.69) is 10.6 Å². The fourth-order valence-corrected chi connectivity index (χ4v) is 3.83. The van der Waals surface area contributed by atoms with Crippen LogP contribution < -0.4 is 15.5 Å². The number of amides is 3. The maximum atomic E-state index is 12.1. The van der Waals surface area contributed by atoms with Gasteiger partial charge in [-0.3, -0.25) is 10.1 Å². The molecule has 120 valence electrons. The van der Waals surface area contributed by atoms with Crippen molar-refractivity contribution in [3.63, 3.8) is 0 Å². The standard InChI is InChI=1S/C16H29N3O2/c1-3-12(2)17-16(21)18-15(20)11-19-10-6-8-13-7-4-5-9-14(13)19/h12-14H,3-11H2,1-2H3,(H2,17,18,20,21)/p+1/t12-,13-,14+/m1/s1. The molecule has 2 aliphatic rings. The third-order valence-corrected chi connectivity index (χ3v) is 5.14. The number of imide groups is 1. The van der Waals surface area contributed by atoms with Gasteiger partial charge in [-0.25, -0.2) is 4.79 Å². The van der Waals surface area contributed by atoms with Crippen LogP contribution in [0.5, 0.6) is 0 Å². The molecule has 3 N–H and O–H groups in total. The highest BCUT2D eigenvalue weighted by Gasteiger charge is 2.37. The summed E-state index contributed by atoms with van der Waals surface area (Å²) in [4.78, 5) is 25.2. The van der Waals surface area contributed by atoms with Gasteiger partial charge in [0.15, 0.2) is 6.54 Å². The van der Waals surface area contributed by atoms with Crippen LogP contribution in [0.3, 0.4) is 0 Å². The van der Waals surface area contributed by atoms with E-state index >= 15 is 0 Å². The first-order valence-corrected chi connectivity index (χ1v) is 8.55. The first kappa shape index (κ1) is 16.3. The van der Waals surface area contributed by atoms with Gasteiger partial charge >= 0.3 is 6.03 Å². The highest BCUT2D eigenvalue weighted by molar-refractivity contribution is 5.94. The van der Waals surface area contributed by atoms with E-state index in [1.807, 2.05) is 13.8 Å². The molecule has 21 heavy (non-hydrogen) atoms. The maximum absolute atomic E-state index is 12.1. The molecule has 4 atom stereocenters. The van der Waals surface area contributed by atoms with E-state index in [1.54, 1.807) is 0 Å². The van der Waals surface area contributed by atoms with Crippen molar-refractivity contribution < 1.29 is 14.5 Å². The van der Waals surface area contributed by atoms with Gasteiger partial charge in [-0.15, -0.1) is 0 Å². The molecule has 5 nitrogen and oxygen atoms in total. The highest BCUT2D eigenvalue weighted by Crippen LogP contribution is 2.28. The summed E-state index contributed by atoms with van der Waals surface area (Å²) in [6, 6.07) is 0.379. The van der Waals surface area contributed by atoms with Crippen molar-refractivity contribution in [3.8, 4) is 0 Å². The summed E-state index contributed by atoms with van der Waals surface area (Å²) in [7, 11) is 0. The average molecular weight is 296 g/mol.